The monoisotopic (exact) mass is 362 g/mol. The zero-order chi connectivity index (χ0) is 17.2. The van der Waals surface area contributed by atoms with Gasteiger partial charge in [-0.3, -0.25) is 0 Å². The van der Waals surface area contributed by atoms with Crippen LogP contribution in [0.3, 0.4) is 0 Å². The number of hydrogen-bond acceptors (Lipinski definition) is 4. The molecule has 0 bridgehead atoms. The number of nitrogens with zero attached hydrogens (tertiary/aromatic N) is 2. The summed E-state index contributed by atoms with van der Waals surface area (Å²) in [6.07, 6.45) is 1.72. The lowest BCUT2D eigenvalue weighted by molar-refractivity contribution is 0.571. The molecule has 120 valence electrons. The normalized spacial score (nSPS) is 11.6. The third-order valence-electron chi connectivity index (χ3n) is 3.69. The zero-order valence-corrected chi connectivity index (χ0v) is 14.5. The fraction of sp³-hybridized carbons (Fsp3) is 0. The number of nitriles is 1. The maximum atomic E-state index is 9.43. The highest BCUT2D eigenvalue weighted by atomic mass is 35.5. The molecule has 0 amide bonds. The standard InChI is InChI=1S/C20H11ClN2OS/c21-15-7-5-13(6-8-15)14(12-22)11-16-9-10-18(24-16)20-23-17-3-1-2-4-19(17)25-20/h1-11H. The first-order chi connectivity index (χ1) is 12.2. The second-order valence-electron chi connectivity index (χ2n) is 5.37. The number of furan rings is 1. The van der Waals surface area contributed by atoms with Crippen LogP contribution < -0.4 is 0 Å². The first kappa shape index (κ1) is 15.6. The zero-order valence-electron chi connectivity index (χ0n) is 12.9. The van der Waals surface area contributed by atoms with Crippen LogP contribution in [-0.2, 0) is 0 Å². The van der Waals surface area contributed by atoms with Crippen LogP contribution in [0.2, 0.25) is 5.02 Å². The van der Waals surface area contributed by atoms with Gasteiger partial charge in [-0.1, -0.05) is 35.9 Å². The van der Waals surface area contributed by atoms with Gasteiger partial charge in [-0.15, -0.1) is 11.3 Å². The molecule has 2 heterocycles. The molecule has 0 saturated heterocycles. The second-order valence-corrected chi connectivity index (χ2v) is 6.83. The van der Waals surface area contributed by atoms with Gasteiger partial charge >= 0.3 is 0 Å². The van der Waals surface area contributed by atoms with Gasteiger partial charge in [-0.05, 0) is 48.0 Å². The molecule has 4 rings (SSSR count). The molecule has 0 atom stereocenters. The van der Waals surface area contributed by atoms with Gasteiger partial charge in [-0.25, -0.2) is 4.98 Å². The van der Waals surface area contributed by atoms with Crippen LogP contribution in [0.1, 0.15) is 11.3 Å². The highest BCUT2D eigenvalue weighted by molar-refractivity contribution is 7.21. The van der Waals surface area contributed by atoms with E-state index in [4.69, 9.17) is 16.0 Å². The van der Waals surface area contributed by atoms with Crippen molar-refractivity contribution in [3.63, 3.8) is 0 Å². The van der Waals surface area contributed by atoms with Gasteiger partial charge in [0.05, 0.1) is 21.9 Å². The molecule has 0 aliphatic heterocycles. The Labute approximate surface area is 153 Å². The molecule has 0 N–H and O–H groups in total. The van der Waals surface area contributed by atoms with E-state index >= 15 is 0 Å². The molecule has 0 unspecified atom stereocenters. The van der Waals surface area contributed by atoms with Crippen LogP contribution in [0.25, 0.3) is 32.6 Å². The molecule has 25 heavy (non-hydrogen) atoms. The Balaban J connectivity index is 1.68. The maximum Gasteiger partial charge on any atom is 0.163 e. The molecular formula is C20H11ClN2OS. The van der Waals surface area contributed by atoms with E-state index in [1.807, 2.05) is 48.5 Å². The Kier molecular flexibility index (Phi) is 4.10. The first-order valence-corrected chi connectivity index (χ1v) is 8.76. The Morgan fingerprint density at radius 3 is 2.64 bits per heavy atom. The van der Waals surface area contributed by atoms with Crippen molar-refractivity contribution >= 4 is 44.8 Å². The van der Waals surface area contributed by atoms with Gasteiger partial charge in [0, 0.05) is 5.02 Å². The van der Waals surface area contributed by atoms with E-state index in [2.05, 4.69) is 11.1 Å². The number of thiazole rings is 1. The summed E-state index contributed by atoms with van der Waals surface area (Å²) in [6, 6.07) is 21.0. The van der Waals surface area contributed by atoms with Crippen molar-refractivity contribution in [2.75, 3.05) is 0 Å². The third-order valence-corrected chi connectivity index (χ3v) is 5.00. The number of fused-ring (bicyclic) bond motifs is 1. The van der Waals surface area contributed by atoms with Crippen LogP contribution in [-0.4, -0.2) is 4.98 Å². The van der Waals surface area contributed by atoms with Gasteiger partial charge in [-0.2, -0.15) is 5.26 Å². The van der Waals surface area contributed by atoms with Crippen molar-refractivity contribution in [1.82, 2.24) is 4.98 Å². The fourth-order valence-electron chi connectivity index (χ4n) is 2.47. The molecule has 0 aliphatic rings. The van der Waals surface area contributed by atoms with Crippen LogP contribution in [0.5, 0.6) is 0 Å². The number of allylic oxidation sites excluding steroid dienone is 1. The molecule has 0 aliphatic carbocycles. The minimum absolute atomic E-state index is 0.516. The van der Waals surface area contributed by atoms with Crippen LogP contribution in [0.15, 0.2) is 65.1 Å². The van der Waals surface area contributed by atoms with E-state index in [1.54, 1.807) is 29.5 Å². The third kappa shape index (κ3) is 3.20. The highest BCUT2D eigenvalue weighted by Crippen LogP contribution is 2.32. The van der Waals surface area contributed by atoms with Crippen molar-refractivity contribution in [3.05, 3.63) is 77.0 Å². The summed E-state index contributed by atoms with van der Waals surface area (Å²) < 4.78 is 6.99. The van der Waals surface area contributed by atoms with Crippen molar-refractivity contribution < 1.29 is 4.42 Å². The van der Waals surface area contributed by atoms with Crippen molar-refractivity contribution in [1.29, 1.82) is 5.26 Å². The summed E-state index contributed by atoms with van der Waals surface area (Å²) in [5.41, 5.74) is 2.27. The van der Waals surface area contributed by atoms with Crippen LogP contribution in [0.4, 0.5) is 0 Å². The van der Waals surface area contributed by atoms with Crippen LogP contribution in [0, 0.1) is 11.3 Å². The predicted molar refractivity (Wildman–Crippen MR) is 102 cm³/mol. The summed E-state index contributed by atoms with van der Waals surface area (Å²) in [5, 5.41) is 10.9. The van der Waals surface area contributed by atoms with E-state index in [0.717, 1.165) is 20.8 Å². The predicted octanol–water partition coefficient (Wildman–Crippen LogP) is 6.27. The van der Waals surface area contributed by atoms with Crippen molar-refractivity contribution in [2.45, 2.75) is 0 Å². The number of aromatic nitrogens is 1. The molecule has 2 aromatic carbocycles. The maximum absolute atomic E-state index is 9.43. The lowest BCUT2D eigenvalue weighted by atomic mass is 10.1. The number of halogens is 1. The van der Waals surface area contributed by atoms with Gasteiger partial charge in [0.2, 0.25) is 0 Å². The highest BCUT2D eigenvalue weighted by Gasteiger charge is 2.10. The number of rotatable bonds is 3. The first-order valence-electron chi connectivity index (χ1n) is 7.56. The summed E-state index contributed by atoms with van der Waals surface area (Å²) >= 11 is 7.48. The molecule has 3 nitrogen and oxygen atoms in total. The molecule has 2 aromatic heterocycles. The van der Waals surface area contributed by atoms with Gasteiger partial charge in [0.15, 0.2) is 10.8 Å². The summed E-state index contributed by atoms with van der Waals surface area (Å²) in [6.45, 7) is 0. The van der Waals surface area contributed by atoms with E-state index < -0.39 is 0 Å². The molecule has 0 radical (unpaired) electrons. The van der Waals surface area contributed by atoms with Gasteiger partial charge in [0.1, 0.15) is 5.76 Å². The fourth-order valence-corrected chi connectivity index (χ4v) is 3.53. The largest absolute Gasteiger partial charge is 0.454 e. The molecule has 0 saturated carbocycles. The molecule has 5 heteroatoms. The lowest BCUT2D eigenvalue weighted by Gasteiger charge is -1.98. The van der Waals surface area contributed by atoms with E-state index in [0.29, 0.717) is 22.1 Å². The average molecular weight is 363 g/mol. The Morgan fingerprint density at radius 2 is 1.88 bits per heavy atom. The number of para-hydroxylation sites is 1. The topological polar surface area (TPSA) is 49.8 Å². The minimum atomic E-state index is 0.516. The summed E-state index contributed by atoms with van der Waals surface area (Å²) in [7, 11) is 0. The van der Waals surface area contributed by atoms with Gasteiger partial charge < -0.3 is 4.42 Å². The Morgan fingerprint density at radius 1 is 1.08 bits per heavy atom. The van der Waals surface area contributed by atoms with E-state index in [9.17, 15) is 5.26 Å². The van der Waals surface area contributed by atoms with E-state index in [-0.39, 0.29) is 0 Å². The molecular weight excluding hydrogens is 352 g/mol. The number of hydrogen-bond donors (Lipinski definition) is 0. The molecule has 4 aromatic rings. The van der Waals surface area contributed by atoms with Crippen LogP contribution >= 0.6 is 22.9 Å². The Hall–Kier alpha value is -2.87. The van der Waals surface area contributed by atoms with E-state index in [1.165, 1.54) is 0 Å². The number of benzene rings is 2. The minimum Gasteiger partial charge on any atom is -0.454 e. The second kappa shape index (κ2) is 6.56. The average Bonchev–Trinajstić information content (AvgIpc) is 3.27. The lowest BCUT2D eigenvalue weighted by Crippen LogP contribution is -1.80. The summed E-state index contributed by atoms with van der Waals surface area (Å²) in [5.74, 6) is 1.31. The van der Waals surface area contributed by atoms with Crippen molar-refractivity contribution in [3.8, 4) is 16.8 Å². The SMILES string of the molecule is N#CC(=Cc1ccc(-c2nc3ccccc3s2)o1)c1ccc(Cl)cc1. The van der Waals surface area contributed by atoms with Crippen molar-refractivity contribution in [2.24, 2.45) is 0 Å². The molecule has 0 spiro atoms. The quantitative estimate of drug-likeness (QED) is 0.403. The van der Waals surface area contributed by atoms with Gasteiger partial charge in [0.25, 0.3) is 0 Å². The smallest absolute Gasteiger partial charge is 0.163 e. The molecule has 0 fully saturated rings. The summed E-state index contributed by atoms with van der Waals surface area (Å²) in [4.78, 5) is 4.59. The Bertz CT molecular complexity index is 1080.